The molecule has 0 saturated carbocycles. The van der Waals surface area contributed by atoms with E-state index in [1.54, 1.807) is 6.33 Å². The Hall–Kier alpha value is -1.55. The van der Waals surface area contributed by atoms with E-state index in [0.717, 1.165) is 23.3 Å². The Labute approximate surface area is 119 Å². The van der Waals surface area contributed by atoms with Gasteiger partial charge in [0, 0.05) is 23.1 Å². The molecule has 4 nitrogen and oxygen atoms in total. The molecule has 1 aromatic rings. The van der Waals surface area contributed by atoms with Crippen LogP contribution in [-0.4, -0.2) is 21.3 Å². The first-order chi connectivity index (χ1) is 9.31. The van der Waals surface area contributed by atoms with Gasteiger partial charge in [0.1, 0.15) is 6.33 Å². The van der Waals surface area contributed by atoms with Crippen molar-refractivity contribution in [3.8, 4) is 0 Å². The average Bonchev–Trinajstić information content (AvgIpc) is 2.42. The molecule has 20 heavy (non-hydrogen) atoms. The maximum Gasteiger partial charge on any atom is 0.162 e. The van der Waals surface area contributed by atoms with Crippen molar-refractivity contribution < 1.29 is 4.79 Å². The lowest BCUT2D eigenvalue weighted by Gasteiger charge is -2.55. The summed E-state index contributed by atoms with van der Waals surface area (Å²) in [4.78, 5) is 21.0. The molecule has 3 unspecified atom stereocenters. The molecule has 2 aliphatic rings. The van der Waals surface area contributed by atoms with E-state index < -0.39 is 11.0 Å². The summed E-state index contributed by atoms with van der Waals surface area (Å²) in [5.74, 6) is 0.240. The summed E-state index contributed by atoms with van der Waals surface area (Å²) < 4.78 is 0. The molecule has 2 aliphatic carbocycles. The van der Waals surface area contributed by atoms with Crippen LogP contribution < -0.4 is 5.73 Å². The average molecular weight is 271 g/mol. The van der Waals surface area contributed by atoms with Crippen molar-refractivity contribution in [2.24, 2.45) is 11.7 Å². The molecule has 0 spiro atoms. The number of nitrogens with zero attached hydrogens (tertiary/aromatic N) is 2. The summed E-state index contributed by atoms with van der Waals surface area (Å²) in [7, 11) is 0. The number of allylic oxidation sites excluding steroid dienone is 1. The second kappa shape index (κ2) is 3.98. The highest BCUT2D eigenvalue weighted by Crippen LogP contribution is 2.53. The zero-order chi connectivity index (χ0) is 14.7. The van der Waals surface area contributed by atoms with E-state index in [9.17, 15) is 4.79 Å². The van der Waals surface area contributed by atoms with Crippen LogP contribution in [0.25, 0.3) is 0 Å². The van der Waals surface area contributed by atoms with Gasteiger partial charge in [-0.1, -0.05) is 19.9 Å². The molecule has 106 valence electrons. The highest BCUT2D eigenvalue weighted by Gasteiger charge is 2.58. The fourth-order valence-corrected chi connectivity index (χ4v) is 4.09. The smallest absolute Gasteiger partial charge is 0.162 e. The molecule has 1 heterocycles. The molecule has 3 rings (SSSR count). The Morgan fingerprint density at radius 2 is 2.10 bits per heavy atom. The molecule has 0 bridgehead atoms. The first kappa shape index (κ1) is 13.4. The van der Waals surface area contributed by atoms with Gasteiger partial charge in [-0.2, -0.15) is 0 Å². The maximum atomic E-state index is 12.4. The second-order valence-electron chi connectivity index (χ2n) is 6.59. The minimum atomic E-state index is -0.579. The Balaban J connectivity index is 2.32. The van der Waals surface area contributed by atoms with E-state index in [1.807, 2.05) is 26.1 Å². The molecular formula is C16H21N3O. The summed E-state index contributed by atoms with van der Waals surface area (Å²) >= 11 is 0. The number of hydrogen-bond acceptors (Lipinski definition) is 4. The van der Waals surface area contributed by atoms with Gasteiger partial charge < -0.3 is 5.73 Å². The van der Waals surface area contributed by atoms with Gasteiger partial charge >= 0.3 is 0 Å². The number of ketones is 1. The number of nitrogens with two attached hydrogens (primary N) is 1. The van der Waals surface area contributed by atoms with E-state index in [1.165, 1.54) is 0 Å². The van der Waals surface area contributed by atoms with Gasteiger partial charge in [-0.05, 0) is 37.3 Å². The zero-order valence-electron chi connectivity index (χ0n) is 12.5. The molecule has 0 amide bonds. The van der Waals surface area contributed by atoms with E-state index in [4.69, 9.17) is 5.73 Å². The summed E-state index contributed by atoms with van der Waals surface area (Å²) in [6.45, 7) is 8.08. The van der Waals surface area contributed by atoms with Gasteiger partial charge in [-0.25, -0.2) is 9.97 Å². The molecule has 2 N–H and O–H groups in total. The van der Waals surface area contributed by atoms with Gasteiger partial charge in [0.25, 0.3) is 0 Å². The minimum Gasteiger partial charge on any atom is -0.323 e. The maximum absolute atomic E-state index is 12.4. The molecule has 4 atom stereocenters. The highest BCUT2D eigenvalue weighted by atomic mass is 16.1. The SMILES string of the molecule is CC1=C[C@@]2(C)c3ncncc3C(C)CC2(N)C(C)C1=O. The predicted molar refractivity (Wildman–Crippen MR) is 77.3 cm³/mol. The van der Waals surface area contributed by atoms with Crippen molar-refractivity contribution in [1.82, 2.24) is 9.97 Å². The zero-order valence-corrected chi connectivity index (χ0v) is 12.5. The number of aromatic nitrogens is 2. The molecular weight excluding hydrogens is 250 g/mol. The third-order valence-electron chi connectivity index (χ3n) is 5.43. The summed E-state index contributed by atoms with van der Waals surface area (Å²) in [6.07, 6.45) is 6.27. The van der Waals surface area contributed by atoms with Crippen LogP contribution >= 0.6 is 0 Å². The standard InChI is InChI=1S/C16H21N3O/c1-9-6-16(17)11(3)13(20)10(2)5-15(16,4)14-12(9)7-18-8-19-14/h5,7-9,11H,6,17H2,1-4H3/t9?,11?,15-,16?/m0/s1. The lowest BCUT2D eigenvalue weighted by molar-refractivity contribution is -0.123. The first-order valence-electron chi connectivity index (χ1n) is 7.14. The number of rotatable bonds is 0. The third-order valence-corrected chi connectivity index (χ3v) is 5.43. The molecule has 0 aliphatic heterocycles. The predicted octanol–water partition coefficient (Wildman–Crippen LogP) is 2.10. The Bertz CT molecular complexity index is 624. The number of Topliss-reactive ketones (excluding diaryl/α,β-unsaturated/α-hetero) is 1. The van der Waals surface area contributed by atoms with E-state index in [2.05, 4.69) is 23.8 Å². The number of hydrogen-bond donors (Lipinski definition) is 1. The van der Waals surface area contributed by atoms with Crippen LogP contribution in [0.3, 0.4) is 0 Å². The van der Waals surface area contributed by atoms with E-state index in [-0.39, 0.29) is 17.6 Å². The van der Waals surface area contributed by atoms with Crippen molar-refractivity contribution >= 4 is 5.78 Å². The van der Waals surface area contributed by atoms with Crippen LogP contribution in [0.4, 0.5) is 0 Å². The van der Waals surface area contributed by atoms with Crippen molar-refractivity contribution in [3.05, 3.63) is 35.4 Å². The van der Waals surface area contributed by atoms with Crippen molar-refractivity contribution in [2.45, 2.75) is 51.0 Å². The van der Waals surface area contributed by atoms with Gasteiger partial charge in [0.05, 0.1) is 5.69 Å². The van der Waals surface area contributed by atoms with Crippen LogP contribution in [0.5, 0.6) is 0 Å². The van der Waals surface area contributed by atoms with Crippen LogP contribution in [0.2, 0.25) is 0 Å². The fourth-order valence-electron chi connectivity index (χ4n) is 4.09. The normalized spacial score (nSPS) is 39.9. The number of fused-ring (bicyclic) bond motifs is 3. The van der Waals surface area contributed by atoms with Crippen molar-refractivity contribution in [2.75, 3.05) is 0 Å². The summed E-state index contributed by atoms with van der Waals surface area (Å²) in [5.41, 5.74) is 8.71. The van der Waals surface area contributed by atoms with Crippen LogP contribution in [0.1, 0.15) is 51.3 Å². The Morgan fingerprint density at radius 1 is 1.40 bits per heavy atom. The highest BCUT2D eigenvalue weighted by molar-refractivity contribution is 5.99. The molecule has 4 heteroatoms. The second-order valence-corrected chi connectivity index (χ2v) is 6.59. The van der Waals surface area contributed by atoms with Crippen molar-refractivity contribution in [3.63, 3.8) is 0 Å². The topological polar surface area (TPSA) is 68.9 Å². The summed E-state index contributed by atoms with van der Waals surface area (Å²) in [6, 6.07) is 0. The van der Waals surface area contributed by atoms with Gasteiger partial charge in [0.15, 0.2) is 5.78 Å². The van der Waals surface area contributed by atoms with E-state index in [0.29, 0.717) is 0 Å². The van der Waals surface area contributed by atoms with Gasteiger partial charge in [-0.3, -0.25) is 4.79 Å². The minimum absolute atomic E-state index is 0.162. The van der Waals surface area contributed by atoms with Crippen LogP contribution in [0, 0.1) is 5.92 Å². The van der Waals surface area contributed by atoms with E-state index >= 15 is 0 Å². The molecule has 0 saturated heterocycles. The van der Waals surface area contributed by atoms with Crippen molar-refractivity contribution in [1.29, 1.82) is 0 Å². The first-order valence-corrected chi connectivity index (χ1v) is 7.14. The summed E-state index contributed by atoms with van der Waals surface area (Å²) in [5, 5.41) is 0. The Kier molecular flexibility index (Phi) is 2.67. The monoisotopic (exact) mass is 271 g/mol. The largest absolute Gasteiger partial charge is 0.323 e. The quantitative estimate of drug-likeness (QED) is 0.784. The molecule has 0 fully saturated rings. The van der Waals surface area contributed by atoms with Gasteiger partial charge in [0.2, 0.25) is 0 Å². The lowest BCUT2D eigenvalue weighted by Crippen LogP contribution is -2.66. The molecule has 0 radical (unpaired) electrons. The number of carbonyl (C=O) groups is 1. The number of carbonyl (C=O) groups excluding carboxylic acids is 1. The molecule has 0 aromatic carbocycles. The lowest BCUT2D eigenvalue weighted by atomic mass is 9.51. The van der Waals surface area contributed by atoms with Crippen LogP contribution in [-0.2, 0) is 10.2 Å². The van der Waals surface area contributed by atoms with Crippen LogP contribution in [0.15, 0.2) is 24.2 Å². The van der Waals surface area contributed by atoms with Gasteiger partial charge in [-0.15, -0.1) is 0 Å². The Morgan fingerprint density at radius 3 is 2.80 bits per heavy atom. The molecule has 1 aromatic heterocycles. The third kappa shape index (κ3) is 1.43. The fraction of sp³-hybridized carbons (Fsp3) is 0.562.